The van der Waals surface area contributed by atoms with E-state index in [1.54, 1.807) is 6.20 Å². The van der Waals surface area contributed by atoms with E-state index >= 15 is 0 Å². The summed E-state index contributed by atoms with van der Waals surface area (Å²) in [6.45, 7) is 4.15. The van der Waals surface area contributed by atoms with Crippen LogP contribution in [-0.2, 0) is 24.3 Å². The monoisotopic (exact) mass is 342 g/mol. The molecule has 0 aliphatic carbocycles. The Morgan fingerprint density at radius 2 is 1.84 bits per heavy atom. The van der Waals surface area contributed by atoms with Gasteiger partial charge in [-0.15, -0.1) is 0 Å². The number of aromatic nitrogens is 1. The molecule has 0 aliphatic rings. The van der Waals surface area contributed by atoms with Crippen LogP contribution in [0.3, 0.4) is 0 Å². The number of hydrogen-bond acceptors (Lipinski definition) is 4. The first kappa shape index (κ1) is 19.6. The molecule has 0 atom stereocenters. The number of benzene rings is 1. The van der Waals surface area contributed by atoms with E-state index in [4.69, 9.17) is 10.5 Å². The third-order valence-corrected chi connectivity index (χ3v) is 4.48. The highest BCUT2D eigenvalue weighted by Crippen LogP contribution is 2.30. The number of hydrogen-bond donors (Lipinski definition) is 2. The number of unbranched alkanes of at least 4 members (excludes halogenated alkanes) is 3. The molecule has 0 spiro atoms. The first-order chi connectivity index (χ1) is 12.3. The average Bonchev–Trinajstić information content (AvgIpc) is 2.67. The number of pyridine rings is 1. The molecule has 0 amide bonds. The van der Waals surface area contributed by atoms with Crippen LogP contribution in [0, 0.1) is 0 Å². The van der Waals surface area contributed by atoms with Crippen LogP contribution in [0.2, 0.25) is 0 Å². The molecule has 4 nitrogen and oxygen atoms in total. The summed E-state index contributed by atoms with van der Waals surface area (Å²) in [5, 5.41) is 9.73. The van der Waals surface area contributed by atoms with Crippen molar-refractivity contribution < 1.29 is 9.84 Å². The lowest BCUT2D eigenvalue weighted by atomic mass is 9.91. The minimum Gasteiger partial charge on any atom is -0.392 e. The van der Waals surface area contributed by atoms with Crippen molar-refractivity contribution >= 4 is 0 Å². The topological polar surface area (TPSA) is 68.4 Å². The molecule has 0 radical (unpaired) electrons. The highest BCUT2D eigenvalue weighted by molar-refractivity contribution is 5.69. The minimum absolute atomic E-state index is 0.00336. The number of nitrogens with zero attached hydrogens (tertiary/aromatic N) is 1. The molecule has 0 saturated carbocycles. The van der Waals surface area contributed by atoms with E-state index in [0.717, 1.165) is 54.9 Å². The van der Waals surface area contributed by atoms with Gasteiger partial charge in [-0.25, -0.2) is 0 Å². The lowest BCUT2D eigenvalue weighted by Crippen LogP contribution is -2.08. The van der Waals surface area contributed by atoms with Crippen LogP contribution in [0.1, 0.15) is 49.3 Å². The van der Waals surface area contributed by atoms with E-state index in [2.05, 4.69) is 11.1 Å². The Labute approximate surface area is 151 Å². The summed E-state index contributed by atoms with van der Waals surface area (Å²) in [6.07, 6.45) is 7.44. The van der Waals surface area contributed by atoms with E-state index in [9.17, 15) is 5.11 Å². The Bertz CT molecular complexity index is 629. The number of aryl methyl sites for hydroxylation is 1. The molecule has 1 heterocycles. The predicted octanol–water partition coefficient (Wildman–Crippen LogP) is 3.84. The van der Waals surface area contributed by atoms with Crippen LogP contribution >= 0.6 is 0 Å². The van der Waals surface area contributed by atoms with Crippen LogP contribution in [0.15, 0.2) is 36.5 Å². The summed E-state index contributed by atoms with van der Waals surface area (Å²) in [5.41, 5.74) is 11.2. The van der Waals surface area contributed by atoms with Crippen LogP contribution in [0.25, 0.3) is 11.3 Å². The number of rotatable bonds is 11. The molecule has 3 N–H and O–H groups in total. The van der Waals surface area contributed by atoms with Gasteiger partial charge in [-0.1, -0.05) is 31.0 Å². The van der Waals surface area contributed by atoms with Gasteiger partial charge in [-0.3, -0.25) is 4.98 Å². The van der Waals surface area contributed by atoms with Crippen LogP contribution in [0.5, 0.6) is 0 Å². The van der Waals surface area contributed by atoms with Gasteiger partial charge in [-0.2, -0.15) is 0 Å². The molecule has 0 fully saturated rings. The van der Waals surface area contributed by atoms with Crippen molar-refractivity contribution in [2.24, 2.45) is 5.73 Å². The quantitative estimate of drug-likeness (QED) is 0.609. The maximum atomic E-state index is 9.73. The summed E-state index contributed by atoms with van der Waals surface area (Å²) >= 11 is 0. The fourth-order valence-electron chi connectivity index (χ4n) is 3.19. The van der Waals surface area contributed by atoms with Crippen LogP contribution in [0.4, 0.5) is 0 Å². The van der Waals surface area contributed by atoms with E-state index < -0.39 is 0 Å². The Morgan fingerprint density at radius 3 is 2.52 bits per heavy atom. The predicted molar refractivity (Wildman–Crippen MR) is 102 cm³/mol. The Balaban J connectivity index is 2.09. The molecule has 0 unspecified atom stereocenters. The van der Waals surface area contributed by atoms with E-state index in [-0.39, 0.29) is 6.61 Å². The second-order valence-corrected chi connectivity index (χ2v) is 6.18. The lowest BCUT2D eigenvalue weighted by Gasteiger charge is -2.17. The molecular weight excluding hydrogens is 312 g/mol. The van der Waals surface area contributed by atoms with Gasteiger partial charge in [0.2, 0.25) is 0 Å². The summed E-state index contributed by atoms with van der Waals surface area (Å²) in [5.74, 6) is 0. The van der Waals surface area contributed by atoms with Gasteiger partial charge in [0, 0.05) is 31.5 Å². The maximum Gasteiger partial charge on any atom is 0.0708 e. The van der Waals surface area contributed by atoms with E-state index in [1.807, 2.05) is 31.2 Å². The second kappa shape index (κ2) is 11.0. The minimum atomic E-state index is -0.00336. The Kier molecular flexibility index (Phi) is 8.60. The van der Waals surface area contributed by atoms with Crippen LogP contribution < -0.4 is 5.73 Å². The van der Waals surface area contributed by atoms with E-state index in [1.165, 1.54) is 18.4 Å². The van der Waals surface area contributed by atoms with Crippen molar-refractivity contribution in [1.29, 1.82) is 0 Å². The van der Waals surface area contributed by atoms with Crippen molar-refractivity contribution in [3.63, 3.8) is 0 Å². The Morgan fingerprint density at radius 1 is 1.04 bits per heavy atom. The third kappa shape index (κ3) is 5.63. The summed E-state index contributed by atoms with van der Waals surface area (Å²) in [6, 6.07) is 9.96. The molecule has 25 heavy (non-hydrogen) atoms. The molecule has 2 aromatic rings. The molecule has 136 valence electrons. The molecule has 0 saturated heterocycles. The molecule has 2 rings (SSSR count). The highest BCUT2D eigenvalue weighted by atomic mass is 16.5. The first-order valence-electron chi connectivity index (χ1n) is 9.25. The third-order valence-electron chi connectivity index (χ3n) is 4.48. The van der Waals surface area contributed by atoms with Crippen molar-refractivity contribution in [2.75, 3.05) is 13.2 Å². The van der Waals surface area contributed by atoms with Crippen molar-refractivity contribution in [1.82, 2.24) is 4.98 Å². The molecule has 0 bridgehead atoms. The zero-order valence-electron chi connectivity index (χ0n) is 15.2. The first-order valence-corrected chi connectivity index (χ1v) is 9.25. The van der Waals surface area contributed by atoms with Gasteiger partial charge in [0.1, 0.15) is 0 Å². The molecule has 1 aromatic heterocycles. The van der Waals surface area contributed by atoms with Gasteiger partial charge in [-0.05, 0) is 55.0 Å². The van der Waals surface area contributed by atoms with Crippen LogP contribution in [-0.4, -0.2) is 23.3 Å². The normalized spacial score (nSPS) is 11.0. The Hall–Kier alpha value is -1.75. The fraction of sp³-hybridized carbons (Fsp3) is 0.476. The van der Waals surface area contributed by atoms with Gasteiger partial charge in [0.15, 0.2) is 0 Å². The van der Waals surface area contributed by atoms with E-state index in [0.29, 0.717) is 6.54 Å². The van der Waals surface area contributed by atoms with Gasteiger partial charge in [0.05, 0.1) is 12.3 Å². The van der Waals surface area contributed by atoms with Gasteiger partial charge in [0.25, 0.3) is 0 Å². The molecule has 4 heteroatoms. The molecule has 0 aliphatic heterocycles. The summed E-state index contributed by atoms with van der Waals surface area (Å²) in [4.78, 5) is 4.47. The molecule has 1 aromatic carbocycles. The zero-order chi connectivity index (χ0) is 17.9. The number of aliphatic hydroxyl groups is 1. The number of aliphatic hydroxyl groups excluding tert-OH is 1. The highest BCUT2D eigenvalue weighted by Gasteiger charge is 2.14. The van der Waals surface area contributed by atoms with Crippen molar-refractivity contribution in [3.8, 4) is 11.3 Å². The maximum absolute atomic E-state index is 9.73. The van der Waals surface area contributed by atoms with Gasteiger partial charge < -0.3 is 15.6 Å². The van der Waals surface area contributed by atoms with Gasteiger partial charge >= 0.3 is 0 Å². The smallest absolute Gasteiger partial charge is 0.0708 e. The average molecular weight is 342 g/mol. The SMILES string of the molecule is CCOCCCCCCc1ccc(CO)c(-c2ccccn2)c1CN. The molecular formula is C21H30N2O2. The summed E-state index contributed by atoms with van der Waals surface area (Å²) < 4.78 is 5.38. The largest absolute Gasteiger partial charge is 0.392 e. The van der Waals surface area contributed by atoms with Crippen molar-refractivity contribution in [2.45, 2.75) is 52.2 Å². The summed E-state index contributed by atoms with van der Waals surface area (Å²) in [7, 11) is 0. The standard InChI is InChI=1S/C21H30N2O2/c1-2-25-14-8-4-3-5-9-17-11-12-18(16-24)21(19(17)15-22)20-10-6-7-13-23-20/h6-7,10-13,24H,2-5,8-9,14-16,22H2,1H3. The fourth-order valence-corrected chi connectivity index (χ4v) is 3.19. The second-order valence-electron chi connectivity index (χ2n) is 6.18. The zero-order valence-corrected chi connectivity index (χ0v) is 15.2. The lowest BCUT2D eigenvalue weighted by molar-refractivity contribution is 0.143. The number of ether oxygens (including phenoxy) is 1. The van der Waals surface area contributed by atoms with Crippen molar-refractivity contribution in [3.05, 3.63) is 53.2 Å². The number of nitrogens with two attached hydrogens (primary N) is 1.